The number of hydrogen-bond donors (Lipinski definition) is 0. The van der Waals surface area contributed by atoms with Crippen LogP contribution in [0.5, 0.6) is 0 Å². The van der Waals surface area contributed by atoms with Gasteiger partial charge in [-0.05, 0) is 7.05 Å². The van der Waals surface area contributed by atoms with Gasteiger partial charge in [0.2, 0.25) is 5.91 Å². The second-order valence-corrected chi connectivity index (χ2v) is 5.47. The third-order valence-electron chi connectivity index (χ3n) is 3.06. The molecule has 0 spiro atoms. The summed E-state index contributed by atoms with van der Waals surface area (Å²) in [4.78, 5) is 20.6. The van der Waals surface area contributed by atoms with Crippen LogP contribution in [-0.4, -0.2) is 61.0 Å². The van der Waals surface area contributed by atoms with Crippen molar-refractivity contribution in [2.75, 3.05) is 40.3 Å². The van der Waals surface area contributed by atoms with Crippen LogP contribution in [0, 0.1) is 0 Å². The molecule has 0 aliphatic carbocycles. The molecule has 1 aliphatic rings. The third-order valence-corrected chi connectivity index (χ3v) is 3.93. The first-order valence-corrected chi connectivity index (χ1v) is 6.95. The zero-order valence-corrected chi connectivity index (χ0v) is 11.7. The molecule has 18 heavy (non-hydrogen) atoms. The fraction of sp³-hybridized carbons (Fsp3) is 0.667. The first-order chi connectivity index (χ1) is 8.69. The summed E-state index contributed by atoms with van der Waals surface area (Å²) in [5, 5.41) is 2.88. The van der Waals surface area contributed by atoms with Crippen LogP contribution in [0.3, 0.4) is 0 Å². The zero-order valence-electron chi connectivity index (χ0n) is 10.9. The molecule has 1 fully saturated rings. The van der Waals surface area contributed by atoms with Crippen molar-refractivity contribution in [2.45, 2.75) is 13.0 Å². The van der Waals surface area contributed by atoms with E-state index in [4.69, 9.17) is 4.74 Å². The first kappa shape index (κ1) is 13.5. The lowest BCUT2D eigenvalue weighted by Gasteiger charge is -2.32. The van der Waals surface area contributed by atoms with Gasteiger partial charge in [-0.3, -0.25) is 4.79 Å². The van der Waals surface area contributed by atoms with Crippen LogP contribution in [-0.2, 0) is 22.6 Å². The second kappa shape index (κ2) is 6.26. The van der Waals surface area contributed by atoms with Crippen LogP contribution in [0.4, 0.5) is 0 Å². The molecule has 5 nitrogen and oxygen atoms in total. The maximum Gasteiger partial charge on any atom is 0.228 e. The molecule has 1 aromatic rings. The Morgan fingerprint density at radius 2 is 2.17 bits per heavy atom. The second-order valence-electron chi connectivity index (χ2n) is 4.53. The van der Waals surface area contributed by atoms with Gasteiger partial charge in [-0.1, -0.05) is 0 Å². The van der Waals surface area contributed by atoms with Gasteiger partial charge in [-0.25, -0.2) is 4.98 Å². The number of likely N-dealkylation sites (N-methyl/N-ethyl adjacent to an activating group) is 1. The highest BCUT2D eigenvalue weighted by Crippen LogP contribution is 2.12. The number of ether oxygens (including phenoxy) is 1. The van der Waals surface area contributed by atoms with E-state index in [1.807, 2.05) is 10.3 Å². The number of aromatic nitrogens is 1. The van der Waals surface area contributed by atoms with E-state index in [2.05, 4.69) is 16.9 Å². The Kier molecular flexibility index (Phi) is 4.68. The summed E-state index contributed by atoms with van der Waals surface area (Å²) in [5.41, 5.74) is 0.857. The average Bonchev–Trinajstić information content (AvgIpc) is 2.78. The van der Waals surface area contributed by atoms with E-state index in [0.717, 1.165) is 36.9 Å². The third kappa shape index (κ3) is 3.51. The SMILES string of the molecule is COCc1nc(CC(=O)N2CCN(C)CC2)cs1. The Morgan fingerprint density at radius 1 is 1.44 bits per heavy atom. The summed E-state index contributed by atoms with van der Waals surface area (Å²) in [5.74, 6) is 0.178. The van der Waals surface area contributed by atoms with Crippen molar-refractivity contribution in [1.29, 1.82) is 0 Å². The number of carbonyl (C=O) groups excluding carboxylic acids is 1. The van der Waals surface area contributed by atoms with Crippen molar-refractivity contribution in [3.63, 3.8) is 0 Å². The van der Waals surface area contributed by atoms with E-state index >= 15 is 0 Å². The summed E-state index contributed by atoms with van der Waals surface area (Å²) < 4.78 is 5.02. The molecule has 0 unspecified atom stereocenters. The number of carbonyl (C=O) groups is 1. The van der Waals surface area contributed by atoms with Crippen molar-refractivity contribution >= 4 is 17.2 Å². The Balaban J connectivity index is 1.86. The summed E-state index contributed by atoms with van der Waals surface area (Å²) in [6.45, 7) is 4.08. The van der Waals surface area contributed by atoms with Crippen molar-refractivity contribution < 1.29 is 9.53 Å². The van der Waals surface area contributed by atoms with Gasteiger partial charge in [0, 0.05) is 38.7 Å². The molecule has 1 saturated heterocycles. The Bertz CT molecular complexity index is 400. The molecular weight excluding hydrogens is 250 g/mol. The molecule has 0 radical (unpaired) electrons. The van der Waals surface area contributed by atoms with E-state index in [1.165, 1.54) is 0 Å². The molecule has 100 valence electrons. The lowest BCUT2D eigenvalue weighted by molar-refractivity contribution is -0.132. The number of piperazine rings is 1. The molecule has 2 rings (SSSR count). The topological polar surface area (TPSA) is 45.7 Å². The molecule has 0 bridgehead atoms. The summed E-state index contributed by atoms with van der Waals surface area (Å²) in [7, 11) is 3.73. The van der Waals surface area contributed by atoms with Crippen LogP contribution < -0.4 is 0 Å². The summed E-state index contributed by atoms with van der Waals surface area (Å²) in [6.07, 6.45) is 0.407. The lowest BCUT2D eigenvalue weighted by Crippen LogP contribution is -2.47. The molecular formula is C12H19N3O2S. The molecule has 0 saturated carbocycles. The minimum atomic E-state index is 0.178. The molecule has 2 heterocycles. The predicted molar refractivity (Wildman–Crippen MR) is 70.6 cm³/mol. The normalized spacial score (nSPS) is 17.1. The predicted octanol–water partition coefficient (Wildman–Crippen LogP) is 0.606. The van der Waals surface area contributed by atoms with Gasteiger partial charge in [-0.2, -0.15) is 0 Å². The van der Waals surface area contributed by atoms with Crippen molar-refractivity contribution in [3.8, 4) is 0 Å². The van der Waals surface area contributed by atoms with Gasteiger partial charge in [-0.15, -0.1) is 11.3 Å². The number of nitrogens with zero attached hydrogens (tertiary/aromatic N) is 3. The van der Waals surface area contributed by atoms with E-state index in [9.17, 15) is 4.79 Å². The largest absolute Gasteiger partial charge is 0.378 e. The molecule has 0 atom stereocenters. The maximum atomic E-state index is 12.1. The number of methoxy groups -OCH3 is 1. The highest BCUT2D eigenvalue weighted by atomic mass is 32.1. The molecule has 6 heteroatoms. The molecule has 1 aromatic heterocycles. The fourth-order valence-electron chi connectivity index (χ4n) is 1.94. The highest BCUT2D eigenvalue weighted by Gasteiger charge is 2.19. The van der Waals surface area contributed by atoms with E-state index < -0.39 is 0 Å². The number of rotatable bonds is 4. The lowest BCUT2D eigenvalue weighted by atomic mass is 10.2. The van der Waals surface area contributed by atoms with Crippen molar-refractivity contribution in [1.82, 2.24) is 14.8 Å². The van der Waals surface area contributed by atoms with Gasteiger partial charge in [0.15, 0.2) is 0 Å². The number of amides is 1. The van der Waals surface area contributed by atoms with Crippen LogP contribution >= 0.6 is 11.3 Å². The quantitative estimate of drug-likeness (QED) is 0.803. The van der Waals surface area contributed by atoms with E-state index in [1.54, 1.807) is 18.4 Å². The summed E-state index contributed by atoms with van der Waals surface area (Å²) >= 11 is 1.55. The summed E-state index contributed by atoms with van der Waals surface area (Å²) in [6, 6.07) is 0. The maximum absolute atomic E-state index is 12.1. The average molecular weight is 269 g/mol. The van der Waals surface area contributed by atoms with Crippen molar-refractivity contribution in [3.05, 3.63) is 16.1 Å². The number of hydrogen-bond acceptors (Lipinski definition) is 5. The van der Waals surface area contributed by atoms with Gasteiger partial charge < -0.3 is 14.5 Å². The zero-order chi connectivity index (χ0) is 13.0. The molecule has 1 amide bonds. The molecule has 0 N–H and O–H groups in total. The smallest absolute Gasteiger partial charge is 0.228 e. The molecule has 1 aliphatic heterocycles. The molecule has 0 aromatic carbocycles. The van der Waals surface area contributed by atoms with Gasteiger partial charge in [0.05, 0.1) is 18.7 Å². The minimum Gasteiger partial charge on any atom is -0.378 e. The van der Waals surface area contributed by atoms with E-state index in [0.29, 0.717) is 13.0 Å². The first-order valence-electron chi connectivity index (χ1n) is 6.07. The van der Waals surface area contributed by atoms with E-state index in [-0.39, 0.29) is 5.91 Å². The van der Waals surface area contributed by atoms with Crippen LogP contribution in [0.25, 0.3) is 0 Å². The van der Waals surface area contributed by atoms with Gasteiger partial charge in [0.1, 0.15) is 5.01 Å². The van der Waals surface area contributed by atoms with Crippen LogP contribution in [0.15, 0.2) is 5.38 Å². The Labute approximate surface area is 111 Å². The Hall–Kier alpha value is -0.980. The monoisotopic (exact) mass is 269 g/mol. The Morgan fingerprint density at radius 3 is 2.83 bits per heavy atom. The van der Waals surface area contributed by atoms with Crippen LogP contribution in [0.1, 0.15) is 10.7 Å². The highest BCUT2D eigenvalue weighted by molar-refractivity contribution is 7.09. The van der Waals surface area contributed by atoms with Gasteiger partial charge >= 0.3 is 0 Å². The van der Waals surface area contributed by atoms with Crippen LogP contribution in [0.2, 0.25) is 0 Å². The standard InChI is InChI=1S/C12H19N3O2S/c1-14-3-5-15(6-4-14)12(16)7-10-9-18-11(13-10)8-17-2/h9H,3-8H2,1-2H3. The van der Waals surface area contributed by atoms with Gasteiger partial charge in [0.25, 0.3) is 0 Å². The van der Waals surface area contributed by atoms with Crippen molar-refractivity contribution in [2.24, 2.45) is 0 Å². The fourth-order valence-corrected chi connectivity index (χ4v) is 2.71. The number of thiazole rings is 1. The minimum absolute atomic E-state index is 0.178.